The Labute approximate surface area is 119 Å². The number of nitrogens with one attached hydrogen (secondary N) is 1. The Morgan fingerprint density at radius 3 is 2.60 bits per heavy atom. The van der Waals surface area contributed by atoms with Gasteiger partial charge in [-0.1, -0.05) is 30.3 Å². The maximum atomic E-state index is 11.9. The zero-order valence-electron chi connectivity index (χ0n) is 10.3. The van der Waals surface area contributed by atoms with Gasteiger partial charge in [0, 0.05) is 5.56 Å². The molecule has 0 fully saturated rings. The first-order valence-electron chi connectivity index (χ1n) is 5.54. The largest absolute Gasteiger partial charge is 0.480 e. The Hall–Kier alpha value is -1.84. The number of benzene rings is 1. The van der Waals surface area contributed by atoms with Crippen LogP contribution in [0, 0.1) is 0 Å². The average molecular weight is 313 g/mol. The van der Waals surface area contributed by atoms with Crippen molar-refractivity contribution in [1.82, 2.24) is 14.1 Å². The van der Waals surface area contributed by atoms with Gasteiger partial charge in [0.2, 0.25) is 4.34 Å². The lowest BCUT2D eigenvalue weighted by molar-refractivity contribution is -0.138. The quantitative estimate of drug-likeness (QED) is 0.851. The number of aromatic nitrogens is 2. The summed E-state index contributed by atoms with van der Waals surface area (Å²) in [6.07, 6.45) is 0. The number of aliphatic carboxylic acids is 1. The minimum absolute atomic E-state index is 0.260. The van der Waals surface area contributed by atoms with Gasteiger partial charge in [-0.05, 0) is 18.5 Å². The second kappa shape index (κ2) is 5.65. The predicted octanol–water partition coefficient (Wildman–Crippen LogP) is 0.957. The van der Waals surface area contributed by atoms with Crippen molar-refractivity contribution in [2.75, 3.05) is 0 Å². The fourth-order valence-electron chi connectivity index (χ4n) is 1.36. The van der Waals surface area contributed by atoms with Gasteiger partial charge >= 0.3 is 5.97 Å². The van der Waals surface area contributed by atoms with Crippen LogP contribution >= 0.6 is 11.5 Å². The lowest BCUT2D eigenvalue weighted by Crippen LogP contribution is -2.38. The zero-order chi connectivity index (χ0) is 14.8. The molecule has 2 rings (SSSR count). The van der Waals surface area contributed by atoms with Crippen LogP contribution in [-0.4, -0.2) is 34.9 Å². The van der Waals surface area contributed by atoms with E-state index in [1.807, 2.05) is 10.8 Å². The third-order valence-corrected chi connectivity index (χ3v) is 4.98. The van der Waals surface area contributed by atoms with Crippen molar-refractivity contribution < 1.29 is 18.3 Å². The van der Waals surface area contributed by atoms with Crippen molar-refractivity contribution in [3.63, 3.8) is 0 Å². The van der Waals surface area contributed by atoms with Crippen LogP contribution in [0.4, 0.5) is 0 Å². The summed E-state index contributed by atoms with van der Waals surface area (Å²) in [7, 11) is -3.98. The van der Waals surface area contributed by atoms with Gasteiger partial charge in [0.05, 0.1) is 0 Å². The van der Waals surface area contributed by atoms with Crippen LogP contribution in [0.15, 0.2) is 34.7 Å². The first-order chi connectivity index (χ1) is 9.40. The first kappa shape index (κ1) is 14.6. The van der Waals surface area contributed by atoms with Gasteiger partial charge in [0.15, 0.2) is 5.82 Å². The number of sulfonamides is 1. The molecule has 0 saturated heterocycles. The Bertz CT molecular complexity index is 712. The van der Waals surface area contributed by atoms with Gasteiger partial charge in [-0.25, -0.2) is 13.4 Å². The third kappa shape index (κ3) is 3.18. The van der Waals surface area contributed by atoms with Gasteiger partial charge < -0.3 is 5.11 Å². The number of carbonyl (C=O) groups is 1. The SMILES string of the molecule is C[C@H](NS(=O)(=O)c1nc(-c2ccccc2)ns1)C(=O)O. The van der Waals surface area contributed by atoms with E-state index < -0.39 is 22.0 Å². The maximum absolute atomic E-state index is 11.9. The molecule has 1 heterocycles. The molecule has 1 aromatic carbocycles. The molecular weight excluding hydrogens is 302 g/mol. The Balaban J connectivity index is 2.27. The van der Waals surface area contributed by atoms with Crippen LogP contribution in [0.3, 0.4) is 0 Å². The van der Waals surface area contributed by atoms with Crippen LogP contribution < -0.4 is 4.72 Å². The summed E-state index contributed by atoms with van der Waals surface area (Å²) in [5, 5.41) is 8.72. The van der Waals surface area contributed by atoms with Crippen molar-refractivity contribution in [2.24, 2.45) is 0 Å². The van der Waals surface area contributed by atoms with E-state index in [9.17, 15) is 13.2 Å². The normalized spacial score (nSPS) is 13.1. The molecule has 0 bridgehead atoms. The summed E-state index contributed by atoms with van der Waals surface area (Å²) < 4.78 is 29.6. The number of rotatable bonds is 5. The van der Waals surface area contributed by atoms with Crippen molar-refractivity contribution in [1.29, 1.82) is 0 Å². The van der Waals surface area contributed by atoms with Crippen LogP contribution in [0.1, 0.15) is 6.92 Å². The fraction of sp³-hybridized carbons (Fsp3) is 0.182. The Morgan fingerprint density at radius 1 is 1.35 bits per heavy atom. The molecule has 0 unspecified atom stereocenters. The monoisotopic (exact) mass is 313 g/mol. The maximum Gasteiger partial charge on any atom is 0.321 e. The van der Waals surface area contributed by atoms with E-state index in [2.05, 4.69) is 9.36 Å². The molecule has 0 aliphatic heterocycles. The standard InChI is InChI=1S/C11H11N3O4S2/c1-7(10(15)16)14-20(17,18)11-12-9(13-19-11)8-5-3-2-4-6-8/h2-7,14H,1H3,(H,15,16)/t7-/m0/s1. The molecule has 2 aromatic rings. The minimum Gasteiger partial charge on any atom is -0.480 e. The first-order valence-corrected chi connectivity index (χ1v) is 7.80. The summed E-state index contributed by atoms with van der Waals surface area (Å²) in [6, 6.07) is 7.68. The van der Waals surface area contributed by atoms with E-state index >= 15 is 0 Å². The van der Waals surface area contributed by atoms with E-state index in [1.54, 1.807) is 24.3 Å². The fourth-order valence-corrected chi connectivity index (χ4v) is 3.32. The predicted molar refractivity (Wildman–Crippen MR) is 72.8 cm³/mol. The third-order valence-electron chi connectivity index (χ3n) is 2.37. The molecule has 1 atom stereocenters. The van der Waals surface area contributed by atoms with Gasteiger partial charge in [-0.15, -0.1) is 0 Å². The van der Waals surface area contributed by atoms with Gasteiger partial charge in [-0.2, -0.15) is 9.10 Å². The number of hydrogen-bond acceptors (Lipinski definition) is 6. The van der Waals surface area contributed by atoms with Crippen molar-refractivity contribution >= 4 is 27.5 Å². The van der Waals surface area contributed by atoms with Crippen molar-refractivity contribution in [3.8, 4) is 11.4 Å². The van der Waals surface area contributed by atoms with Crippen molar-refractivity contribution in [3.05, 3.63) is 30.3 Å². The summed E-state index contributed by atoms with van der Waals surface area (Å²) in [6.45, 7) is 1.24. The summed E-state index contributed by atoms with van der Waals surface area (Å²) in [5.74, 6) is -0.972. The summed E-state index contributed by atoms with van der Waals surface area (Å²) in [5.41, 5.74) is 0.691. The Kier molecular flexibility index (Phi) is 4.12. The number of nitrogens with zero attached hydrogens (tertiary/aromatic N) is 2. The zero-order valence-corrected chi connectivity index (χ0v) is 12.0. The molecule has 0 amide bonds. The number of hydrogen-bond donors (Lipinski definition) is 2. The molecule has 0 saturated carbocycles. The summed E-state index contributed by atoms with van der Waals surface area (Å²) in [4.78, 5) is 14.6. The molecule has 2 N–H and O–H groups in total. The van der Waals surface area contributed by atoms with Gasteiger partial charge in [-0.3, -0.25) is 4.79 Å². The van der Waals surface area contributed by atoms with E-state index in [-0.39, 0.29) is 4.34 Å². The minimum atomic E-state index is -3.98. The molecule has 0 aliphatic rings. The molecule has 0 spiro atoms. The van der Waals surface area contributed by atoms with E-state index in [0.29, 0.717) is 22.9 Å². The highest BCUT2D eigenvalue weighted by Gasteiger charge is 2.25. The summed E-state index contributed by atoms with van der Waals surface area (Å²) >= 11 is 0.701. The number of carboxylic acid groups (broad SMARTS) is 1. The smallest absolute Gasteiger partial charge is 0.321 e. The molecule has 1 aromatic heterocycles. The lowest BCUT2D eigenvalue weighted by atomic mass is 10.2. The number of carboxylic acids is 1. The van der Waals surface area contributed by atoms with Gasteiger partial charge in [0.1, 0.15) is 6.04 Å². The van der Waals surface area contributed by atoms with Crippen molar-refractivity contribution in [2.45, 2.75) is 17.3 Å². The molecule has 20 heavy (non-hydrogen) atoms. The second-order valence-corrected chi connectivity index (χ2v) is 6.57. The van der Waals surface area contributed by atoms with Crippen LogP contribution in [0.25, 0.3) is 11.4 Å². The van der Waals surface area contributed by atoms with E-state index in [4.69, 9.17) is 5.11 Å². The molecule has 7 nitrogen and oxygen atoms in total. The topological polar surface area (TPSA) is 109 Å². The lowest BCUT2D eigenvalue weighted by Gasteiger charge is -2.06. The molecule has 9 heteroatoms. The van der Waals surface area contributed by atoms with E-state index in [0.717, 1.165) is 0 Å². The average Bonchev–Trinajstić information content (AvgIpc) is 2.89. The molecular formula is C11H11N3O4S2. The highest BCUT2D eigenvalue weighted by molar-refractivity contribution is 7.91. The molecule has 106 valence electrons. The highest BCUT2D eigenvalue weighted by Crippen LogP contribution is 2.20. The second-order valence-electron chi connectivity index (χ2n) is 3.93. The van der Waals surface area contributed by atoms with Gasteiger partial charge in [0.25, 0.3) is 10.0 Å². The Morgan fingerprint density at radius 2 is 2.00 bits per heavy atom. The highest BCUT2D eigenvalue weighted by atomic mass is 32.2. The van der Waals surface area contributed by atoms with Crippen LogP contribution in [0.5, 0.6) is 0 Å². The molecule has 0 aliphatic carbocycles. The molecule has 0 radical (unpaired) electrons. The van der Waals surface area contributed by atoms with Crippen LogP contribution in [0.2, 0.25) is 0 Å². The van der Waals surface area contributed by atoms with Crippen LogP contribution in [-0.2, 0) is 14.8 Å². The van der Waals surface area contributed by atoms with E-state index in [1.165, 1.54) is 6.92 Å².